The maximum Gasteiger partial charge on any atom is 0.240 e. The number of aromatic nitrogens is 2. The third-order valence-corrected chi connectivity index (χ3v) is 4.41. The lowest BCUT2D eigenvalue weighted by molar-refractivity contribution is -0.122. The largest absolute Gasteiger partial charge is 0.371 e. The van der Waals surface area contributed by atoms with E-state index in [-0.39, 0.29) is 18.6 Å². The van der Waals surface area contributed by atoms with Gasteiger partial charge in [0.05, 0.1) is 30.1 Å². The number of benzene rings is 2. The molecule has 0 bridgehead atoms. The zero-order chi connectivity index (χ0) is 16.4. The molecule has 0 saturated heterocycles. The van der Waals surface area contributed by atoms with Crippen LogP contribution in [0.3, 0.4) is 0 Å². The van der Waals surface area contributed by atoms with Crippen LogP contribution in [-0.2, 0) is 29.1 Å². The van der Waals surface area contributed by atoms with Crippen molar-refractivity contribution in [3.8, 4) is 0 Å². The van der Waals surface area contributed by atoms with Crippen molar-refractivity contribution in [3.05, 3.63) is 66.0 Å². The molecule has 1 atom stereocenters. The fraction of sp³-hybridized carbons (Fsp3) is 0.263. The number of amides is 1. The van der Waals surface area contributed by atoms with E-state index >= 15 is 0 Å². The van der Waals surface area contributed by atoms with Crippen LogP contribution in [-0.4, -0.2) is 28.1 Å². The van der Waals surface area contributed by atoms with Crippen LogP contribution < -0.4 is 5.32 Å². The third kappa shape index (κ3) is 3.03. The molecule has 1 aliphatic heterocycles. The van der Waals surface area contributed by atoms with Crippen LogP contribution in [0.15, 0.2) is 54.9 Å². The number of hydrogen-bond donors (Lipinski definition) is 1. The predicted octanol–water partition coefficient (Wildman–Crippen LogP) is 2.29. The number of rotatable bonds is 4. The summed E-state index contributed by atoms with van der Waals surface area (Å²) in [5, 5.41) is 2.97. The van der Waals surface area contributed by atoms with Crippen LogP contribution in [0.25, 0.3) is 11.0 Å². The smallest absolute Gasteiger partial charge is 0.240 e. The molecule has 1 unspecified atom stereocenters. The minimum atomic E-state index is -0.0272. The number of nitrogens with one attached hydrogen (secondary N) is 1. The van der Waals surface area contributed by atoms with Crippen LogP contribution in [0.1, 0.15) is 11.1 Å². The van der Waals surface area contributed by atoms with E-state index < -0.39 is 0 Å². The molecule has 0 radical (unpaired) electrons. The quantitative estimate of drug-likeness (QED) is 0.802. The van der Waals surface area contributed by atoms with E-state index in [1.54, 1.807) is 6.33 Å². The Kier molecular flexibility index (Phi) is 4.01. The van der Waals surface area contributed by atoms with Gasteiger partial charge < -0.3 is 14.6 Å². The highest BCUT2D eigenvalue weighted by Crippen LogP contribution is 2.19. The monoisotopic (exact) mass is 321 g/mol. The summed E-state index contributed by atoms with van der Waals surface area (Å²) in [4.78, 5) is 16.5. The molecule has 24 heavy (non-hydrogen) atoms. The summed E-state index contributed by atoms with van der Waals surface area (Å²) in [5.41, 5.74) is 4.42. The number of para-hydroxylation sites is 2. The highest BCUT2D eigenvalue weighted by Gasteiger charge is 2.19. The van der Waals surface area contributed by atoms with Crippen LogP contribution >= 0.6 is 0 Å². The first-order chi connectivity index (χ1) is 11.8. The van der Waals surface area contributed by atoms with Crippen LogP contribution in [0.5, 0.6) is 0 Å². The first kappa shape index (κ1) is 14.9. The molecule has 2 heterocycles. The summed E-state index contributed by atoms with van der Waals surface area (Å²) in [6.45, 7) is 1.41. The number of nitrogens with zero attached hydrogens (tertiary/aromatic N) is 2. The lowest BCUT2D eigenvalue weighted by Gasteiger charge is -2.25. The summed E-state index contributed by atoms with van der Waals surface area (Å²) in [6, 6.07) is 16.1. The predicted molar refractivity (Wildman–Crippen MR) is 91.5 cm³/mol. The molecule has 1 aromatic heterocycles. The second-order valence-corrected chi connectivity index (χ2v) is 6.07. The standard InChI is InChI=1S/C19H19N3O2/c23-19(11-22-13-21-17-7-3-4-8-18(17)22)20-10-16-9-14-5-1-2-6-15(14)12-24-16/h1-8,13,16H,9-12H2,(H,20,23). The first-order valence-electron chi connectivity index (χ1n) is 8.14. The molecule has 1 aliphatic rings. The third-order valence-electron chi connectivity index (χ3n) is 4.41. The Bertz CT molecular complexity index is 872. The highest BCUT2D eigenvalue weighted by atomic mass is 16.5. The van der Waals surface area contributed by atoms with E-state index in [9.17, 15) is 4.79 Å². The summed E-state index contributed by atoms with van der Waals surface area (Å²) >= 11 is 0. The van der Waals surface area contributed by atoms with Crippen LogP contribution in [0, 0.1) is 0 Å². The van der Waals surface area contributed by atoms with Crippen molar-refractivity contribution in [1.82, 2.24) is 14.9 Å². The molecule has 0 fully saturated rings. The molecule has 1 amide bonds. The minimum absolute atomic E-state index is 0.0272. The maximum atomic E-state index is 12.2. The summed E-state index contributed by atoms with van der Waals surface area (Å²) in [7, 11) is 0. The highest BCUT2D eigenvalue weighted by molar-refractivity contribution is 5.80. The lowest BCUT2D eigenvalue weighted by Crippen LogP contribution is -2.38. The maximum absolute atomic E-state index is 12.2. The van der Waals surface area contributed by atoms with E-state index in [0.717, 1.165) is 17.5 Å². The summed E-state index contributed by atoms with van der Waals surface area (Å²) in [6.07, 6.45) is 2.57. The van der Waals surface area contributed by atoms with E-state index in [4.69, 9.17) is 4.74 Å². The molecule has 0 aliphatic carbocycles. The summed E-state index contributed by atoms with van der Waals surface area (Å²) in [5.74, 6) is -0.0272. The van der Waals surface area contributed by atoms with Crippen molar-refractivity contribution in [3.63, 3.8) is 0 Å². The molecule has 0 saturated carbocycles. The zero-order valence-electron chi connectivity index (χ0n) is 13.3. The lowest BCUT2D eigenvalue weighted by atomic mass is 9.99. The van der Waals surface area contributed by atoms with Gasteiger partial charge in [-0.15, -0.1) is 0 Å². The van der Waals surface area contributed by atoms with Gasteiger partial charge in [0.1, 0.15) is 6.54 Å². The van der Waals surface area contributed by atoms with Gasteiger partial charge in [-0.05, 0) is 23.3 Å². The van der Waals surface area contributed by atoms with Crippen LogP contribution in [0.4, 0.5) is 0 Å². The van der Waals surface area contributed by atoms with Crippen molar-refractivity contribution in [1.29, 1.82) is 0 Å². The van der Waals surface area contributed by atoms with Crippen molar-refractivity contribution in [2.45, 2.75) is 25.7 Å². The van der Waals surface area contributed by atoms with Crippen molar-refractivity contribution >= 4 is 16.9 Å². The molecule has 122 valence electrons. The van der Waals surface area contributed by atoms with E-state index in [1.807, 2.05) is 41.0 Å². The zero-order valence-corrected chi connectivity index (χ0v) is 13.3. The Balaban J connectivity index is 1.34. The van der Waals surface area contributed by atoms with E-state index in [2.05, 4.69) is 22.4 Å². The second-order valence-electron chi connectivity index (χ2n) is 6.07. The molecule has 1 N–H and O–H groups in total. The van der Waals surface area contributed by atoms with Gasteiger partial charge in [-0.25, -0.2) is 4.98 Å². The van der Waals surface area contributed by atoms with E-state index in [0.29, 0.717) is 13.2 Å². The number of carbonyl (C=O) groups excluding carboxylic acids is 1. The van der Waals surface area contributed by atoms with E-state index in [1.165, 1.54) is 11.1 Å². The minimum Gasteiger partial charge on any atom is -0.371 e. The topological polar surface area (TPSA) is 56.2 Å². The molecule has 2 aromatic carbocycles. The van der Waals surface area contributed by atoms with Crippen molar-refractivity contribution in [2.75, 3.05) is 6.54 Å². The molecular formula is C19H19N3O2. The molecule has 0 spiro atoms. The van der Waals surface area contributed by atoms with Gasteiger partial charge in [0.25, 0.3) is 0 Å². The molecule has 5 heteroatoms. The van der Waals surface area contributed by atoms with Crippen LogP contribution in [0.2, 0.25) is 0 Å². The molecule has 4 rings (SSSR count). The normalized spacial score (nSPS) is 16.8. The Morgan fingerprint density at radius 1 is 1.17 bits per heavy atom. The Morgan fingerprint density at radius 2 is 1.96 bits per heavy atom. The number of hydrogen-bond acceptors (Lipinski definition) is 3. The number of carbonyl (C=O) groups is 1. The van der Waals surface area contributed by atoms with Gasteiger partial charge >= 0.3 is 0 Å². The fourth-order valence-electron chi connectivity index (χ4n) is 3.11. The average molecular weight is 321 g/mol. The molecular weight excluding hydrogens is 302 g/mol. The fourth-order valence-corrected chi connectivity index (χ4v) is 3.11. The SMILES string of the molecule is O=C(Cn1cnc2ccccc21)NCC1Cc2ccccc2CO1. The number of imidazole rings is 1. The van der Waals surface area contributed by atoms with Crippen molar-refractivity contribution in [2.24, 2.45) is 0 Å². The van der Waals surface area contributed by atoms with Gasteiger partial charge in [-0.3, -0.25) is 4.79 Å². The Hall–Kier alpha value is -2.66. The summed E-state index contributed by atoms with van der Waals surface area (Å²) < 4.78 is 7.69. The first-order valence-corrected chi connectivity index (χ1v) is 8.14. The van der Waals surface area contributed by atoms with Gasteiger partial charge in [0, 0.05) is 13.0 Å². The molecule has 5 nitrogen and oxygen atoms in total. The van der Waals surface area contributed by atoms with Gasteiger partial charge in [0.15, 0.2) is 0 Å². The number of fused-ring (bicyclic) bond motifs is 2. The van der Waals surface area contributed by atoms with Gasteiger partial charge in [-0.1, -0.05) is 36.4 Å². The van der Waals surface area contributed by atoms with Gasteiger partial charge in [0.2, 0.25) is 5.91 Å². The number of ether oxygens (including phenoxy) is 1. The second kappa shape index (κ2) is 6.45. The molecule has 3 aromatic rings. The van der Waals surface area contributed by atoms with Crippen molar-refractivity contribution < 1.29 is 9.53 Å². The Labute approximate surface area is 140 Å². The average Bonchev–Trinajstić information content (AvgIpc) is 3.03. The van der Waals surface area contributed by atoms with Gasteiger partial charge in [-0.2, -0.15) is 0 Å². The Morgan fingerprint density at radius 3 is 2.88 bits per heavy atom.